The molecule has 1 fully saturated rings. The molecule has 1 aliphatic rings. The van der Waals surface area contributed by atoms with E-state index in [-0.39, 0.29) is 29.8 Å². The molecule has 0 bridgehead atoms. The van der Waals surface area contributed by atoms with Crippen molar-refractivity contribution in [2.45, 2.75) is 24.8 Å². The molecule has 0 spiro atoms. The minimum Gasteiger partial charge on any atom is -0.376 e. The summed E-state index contributed by atoms with van der Waals surface area (Å²) >= 11 is 0. The highest BCUT2D eigenvalue weighted by Gasteiger charge is 2.31. The number of nitrogens with zero attached hydrogens (tertiary/aromatic N) is 2. The van der Waals surface area contributed by atoms with Crippen LogP contribution >= 0.6 is 0 Å². The van der Waals surface area contributed by atoms with Crippen LogP contribution in [0.3, 0.4) is 0 Å². The first-order valence-electron chi connectivity index (χ1n) is 6.19. The minimum atomic E-state index is -3.73. The van der Waals surface area contributed by atoms with Gasteiger partial charge in [-0.1, -0.05) is 6.07 Å². The fourth-order valence-electron chi connectivity index (χ4n) is 2.12. The molecule has 0 radical (unpaired) electrons. The molecule has 2 rings (SSSR count). The molecule has 1 unspecified atom stereocenters. The molecule has 0 aliphatic carbocycles. The van der Waals surface area contributed by atoms with Crippen LogP contribution in [0.15, 0.2) is 23.1 Å². The van der Waals surface area contributed by atoms with Gasteiger partial charge < -0.3 is 4.74 Å². The van der Waals surface area contributed by atoms with E-state index < -0.39 is 14.9 Å². The van der Waals surface area contributed by atoms with Crippen molar-refractivity contribution in [3.8, 4) is 0 Å². The Bertz CT molecular complexity index is 629. The van der Waals surface area contributed by atoms with E-state index in [1.54, 1.807) is 13.8 Å². The van der Waals surface area contributed by atoms with Gasteiger partial charge in [0.25, 0.3) is 5.69 Å². The van der Waals surface area contributed by atoms with E-state index in [1.807, 2.05) is 0 Å². The summed E-state index contributed by atoms with van der Waals surface area (Å²) in [5.74, 6) is 0. The first kappa shape index (κ1) is 14.9. The molecule has 110 valence electrons. The Morgan fingerprint density at radius 2 is 2.15 bits per heavy atom. The Morgan fingerprint density at radius 3 is 2.75 bits per heavy atom. The van der Waals surface area contributed by atoms with Crippen molar-refractivity contribution in [2.24, 2.45) is 0 Å². The Labute approximate surface area is 117 Å². The summed E-state index contributed by atoms with van der Waals surface area (Å²) in [7, 11) is -3.73. The van der Waals surface area contributed by atoms with Crippen molar-refractivity contribution in [2.75, 3.05) is 19.7 Å². The van der Waals surface area contributed by atoms with Gasteiger partial charge in [-0.15, -0.1) is 0 Å². The van der Waals surface area contributed by atoms with Crippen molar-refractivity contribution in [1.29, 1.82) is 0 Å². The third kappa shape index (κ3) is 2.82. The number of benzene rings is 1. The lowest BCUT2D eigenvalue weighted by Crippen LogP contribution is -2.44. The van der Waals surface area contributed by atoms with Gasteiger partial charge in [0.1, 0.15) is 0 Å². The van der Waals surface area contributed by atoms with Crippen LogP contribution in [0.5, 0.6) is 0 Å². The average molecular weight is 300 g/mol. The monoisotopic (exact) mass is 300 g/mol. The molecule has 1 aliphatic heterocycles. The second-order valence-corrected chi connectivity index (χ2v) is 6.66. The van der Waals surface area contributed by atoms with Crippen molar-refractivity contribution >= 4 is 15.7 Å². The second-order valence-electron chi connectivity index (χ2n) is 4.75. The highest BCUT2D eigenvalue weighted by Crippen LogP contribution is 2.25. The maximum atomic E-state index is 12.6. The lowest BCUT2D eigenvalue weighted by atomic mass is 10.2. The minimum absolute atomic E-state index is 0.0131. The summed E-state index contributed by atoms with van der Waals surface area (Å²) in [4.78, 5) is 10.2. The molecule has 1 atom stereocenters. The molecule has 1 aromatic carbocycles. The van der Waals surface area contributed by atoms with Gasteiger partial charge in [0, 0.05) is 25.2 Å². The van der Waals surface area contributed by atoms with Gasteiger partial charge in [0.15, 0.2) is 0 Å². The van der Waals surface area contributed by atoms with Gasteiger partial charge in [-0.2, -0.15) is 4.31 Å². The summed E-state index contributed by atoms with van der Waals surface area (Å²) in [6.45, 7) is 4.26. The van der Waals surface area contributed by atoms with Gasteiger partial charge in [-0.3, -0.25) is 10.1 Å². The van der Waals surface area contributed by atoms with Crippen LogP contribution in [0.2, 0.25) is 0 Å². The third-order valence-electron chi connectivity index (χ3n) is 3.20. The van der Waals surface area contributed by atoms with Crippen molar-refractivity contribution in [3.63, 3.8) is 0 Å². The number of hydrogen-bond acceptors (Lipinski definition) is 5. The zero-order valence-electron chi connectivity index (χ0n) is 11.3. The van der Waals surface area contributed by atoms with E-state index in [9.17, 15) is 18.5 Å². The van der Waals surface area contributed by atoms with Crippen LogP contribution in [-0.2, 0) is 14.8 Å². The second kappa shape index (κ2) is 5.47. The summed E-state index contributed by atoms with van der Waals surface area (Å²) in [5.41, 5.74) is 0.269. The molecule has 0 aromatic heterocycles. The molecular formula is C12H16N2O5S. The highest BCUT2D eigenvalue weighted by molar-refractivity contribution is 7.89. The zero-order chi connectivity index (χ0) is 14.9. The number of nitro benzene ring substituents is 1. The molecule has 1 heterocycles. The average Bonchev–Trinajstić information content (AvgIpc) is 2.38. The summed E-state index contributed by atoms with van der Waals surface area (Å²) in [5, 5.41) is 10.8. The summed E-state index contributed by atoms with van der Waals surface area (Å²) in [6, 6.07) is 3.87. The smallest absolute Gasteiger partial charge is 0.270 e. The first-order chi connectivity index (χ1) is 9.32. The molecule has 1 saturated heterocycles. The van der Waals surface area contributed by atoms with E-state index in [1.165, 1.54) is 16.4 Å². The number of rotatable bonds is 3. The number of non-ortho nitro benzene ring substituents is 1. The van der Waals surface area contributed by atoms with Crippen LogP contribution < -0.4 is 0 Å². The number of morpholine rings is 1. The normalized spacial score (nSPS) is 20.8. The number of hydrogen-bond donors (Lipinski definition) is 0. The largest absolute Gasteiger partial charge is 0.376 e. The predicted octanol–water partition coefficient (Wildman–Crippen LogP) is 1.31. The van der Waals surface area contributed by atoms with Crippen LogP contribution in [-0.4, -0.2) is 43.4 Å². The van der Waals surface area contributed by atoms with Gasteiger partial charge in [0.05, 0.1) is 22.5 Å². The standard InChI is InChI=1S/C12H16N2O5S/c1-9-3-4-11(14(15)16)7-12(9)20(17,18)13-5-6-19-10(2)8-13/h3-4,7,10H,5-6,8H2,1-2H3. The molecule has 0 saturated carbocycles. The van der Waals surface area contributed by atoms with E-state index >= 15 is 0 Å². The van der Waals surface area contributed by atoms with Crippen molar-refractivity contribution in [3.05, 3.63) is 33.9 Å². The fourth-order valence-corrected chi connectivity index (χ4v) is 3.87. The SMILES string of the molecule is Cc1ccc([N+](=O)[O-])cc1S(=O)(=O)N1CCOC(C)C1. The van der Waals surface area contributed by atoms with Crippen molar-refractivity contribution < 1.29 is 18.1 Å². The molecule has 7 nitrogen and oxygen atoms in total. The Hall–Kier alpha value is -1.51. The Balaban J connectivity index is 2.43. The number of ether oxygens (including phenoxy) is 1. The van der Waals surface area contributed by atoms with Gasteiger partial charge >= 0.3 is 0 Å². The zero-order valence-corrected chi connectivity index (χ0v) is 12.1. The van der Waals surface area contributed by atoms with Crippen LogP contribution in [0, 0.1) is 17.0 Å². The van der Waals surface area contributed by atoms with E-state index in [2.05, 4.69) is 0 Å². The van der Waals surface area contributed by atoms with Crippen LogP contribution in [0.4, 0.5) is 5.69 Å². The Morgan fingerprint density at radius 1 is 1.45 bits per heavy atom. The number of aryl methyl sites for hydroxylation is 1. The molecule has 0 amide bonds. The van der Waals surface area contributed by atoms with Gasteiger partial charge in [0.2, 0.25) is 10.0 Å². The lowest BCUT2D eigenvalue weighted by molar-refractivity contribution is -0.385. The third-order valence-corrected chi connectivity index (χ3v) is 5.21. The first-order valence-corrected chi connectivity index (χ1v) is 7.63. The molecule has 1 aromatic rings. The van der Waals surface area contributed by atoms with Gasteiger partial charge in [-0.05, 0) is 19.4 Å². The van der Waals surface area contributed by atoms with Crippen LogP contribution in [0.25, 0.3) is 0 Å². The number of sulfonamides is 1. The quantitative estimate of drug-likeness (QED) is 0.620. The predicted molar refractivity (Wildman–Crippen MR) is 72.0 cm³/mol. The molecular weight excluding hydrogens is 284 g/mol. The molecule has 0 N–H and O–H groups in total. The maximum Gasteiger partial charge on any atom is 0.270 e. The van der Waals surface area contributed by atoms with E-state index in [0.717, 1.165) is 6.07 Å². The maximum absolute atomic E-state index is 12.6. The van der Waals surface area contributed by atoms with Crippen LogP contribution in [0.1, 0.15) is 12.5 Å². The lowest BCUT2D eigenvalue weighted by Gasteiger charge is -2.30. The molecule has 20 heavy (non-hydrogen) atoms. The van der Waals surface area contributed by atoms with E-state index in [4.69, 9.17) is 4.74 Å². The number of nitro groups is 1. The van der Waals surface area contributed by atoms with E-state index in [0.29, 0.717) is 12.2 Å². The fraction of sp³-hybridized carbons (Fsp3) is 0.500. The summed E-state index contributed by atoms with van der Waals surface area (Å²) in [6.07, 6.45) is -0.183. The van der Waals surface area contributed by atoms with Gasteiger partial charge in [-0.25, -0.2) is 8.42 Å². The molecule has 8 heteroatoms. The Kier molecular flexibility index (Phi) is 4.07. The van der Waals surface area contributed by atoms with Crippen molar-refractivity contribution in [1.82, 2.24) is 4.31 Å². The summed E-state index contributed by atoms with van der Waals surface area (Å²) < 4.78 is 31.8. The topological polar surface area (TPSA) is 89.8 Å². The highest BCUT2D eigenvalue weighted by atomic mass is 32.2.